The van der Waals surface area contributed by atoms with E-state index in [0.29, 0.717) is 6.04 Å². The molecule has 1 saturated carbocycles. The van der Waals surface area contributed by atoms with Crippen molar-refractivity contribution < 1.29 is 0 Å². The molecule has 1 aromatic carbocycles. The molecule has 1 heterocycles. The Labute approximate surface area is 129 Å². The normalized spacial score (nSPS) is 31.3. The van der Waals surface area contributed by atoms with Gasteiger partial charge in [-0.25, -0.2) is 0 Å². The Bertz CT molecular complexity index is 415. The molecule has 0 aromatic heterocycles. The molecule has 3 rings (SSSR count). The van der Waals surface area contributed by atoms with Gasteiger partial charge in [0.2, 0.25) is 0 Å². The minimum atomic E-state index is 0.653. The lowest BCUT2D eigenvalue weighted by Crippen LogP contribution is -2.43. The highest BCUT2D eigenvalue weighted by Crippen LogP contribution is 2.33. The van der Waals surface area contributed by atoms with Crippen LogP contribution in [-0.4, -0.2) is 18.6 Å². The van der Waals surface area contributed by atoms with Crippen LogP contribution in [0.3, 0.4) is 0 Å². The van der Waals surface area contributed by atoms with Gasteiger partial charge >= 0.3 is 0 Å². The zero-order valence-electron chi connectivity index (χ0n) is 11.4. The summed E-state index contributed by atoms with van der Waals surface area (Å²) in [5.41, 5.74) is 1.32. The first-order chi connectivity index (χ1) is 9.34. The maximum absolute atomic E-state index is 3.83. The van der Waals surface area contributed by atoms with Crippen LogP contribution in [0.1, 0.15) is 38.5 Å². The number of anilines is 1. The Morgan fingerprint density at radius 1 is 1.05 bits per heavy atom. The molecule has 3 atom stereocenters. The average Bonchev–Trinajstić information content (AvgIpc) is 2.96. The molecule has 104 valence electrons. The number of hydrogen-bond acceptors (Lipinski definition) is 2. The third-order valence-corrected chi connectivity index (χ3v) is 5.59. The molecule has 2 fully saturated rings. The summed E-state index contributed by atoms with van der Waals surface area (Å²) in [4.78, 5) is 0. The second-order valence-corrected chi connectivity index (χ2v) is 7.04. The van der Waals surface area contributed by atoms with Gasteiger partial charge in [0.25, 0.3) is 0 Å². The van der Waals surface area contributed by atoms with E-state index in [2.05, 4.69) is 57.5 Å². The Balaban J connectivity index is 1.71. The number of benzene rings is 1. The average molecular weight is 370 g/mol. The van der Waals surface area contributed by atoms with Crippen LogP contribution in [0, 0.1) is 9.49 Å². The molecule has 1 saturated heterocycles. The molecule has 19 heavy (non-hydrogen) atoms. The van der Waals surface area contributed by atoms with Crippen LogP contribution in [0.4, 0.5) is 5.69 Å². The molecule has 0 amide bonds. The fraction of sp³-hybridized carbons (Fsp3) is 0.625. The van der Waals surface area contributed by atoms with Crippen molar-refractivity contribution in [3.63, 3.8) is 0 Å². The quantitative estimate of drug-likeness (QED) is 0.786. The van der Waals surface area contributed by atoms with E-state index < -0.39 is 0 Å². The predicted octanol–water partition coefficient (Wildman–Crippen LogP) is 4.01. The lowest BCUT2D eigenvalue weighted by molar-refractivity contribution is 0.262. The Morgan fingerprint density at radius 2 is 1.89 bits per heavy atom. The van der Waals surface area contributed by atoms with Crippen molar-refractivity contribution in [2.75, 3.05) is 11.9 Å². The van der Waals surface area contributed by atoms with Gasteiger partial charge in [0, 0.05) is 21.3 Å². The van der Waals surface area contributed by atoms with E-state index >= 15 is 0 Å². The molecule has 3 heteroatoms. The van der Waals surface area contributed by atoms with Gasteiger partial charge in [-0.15, -0.1) is 0 Å². The van der Waals surface area contributed by atoms with Crippen molar-refractivity contribution in [3.8, 4) is 0 Å². The zero-order valence-corrected chi connectivity index (χ0v) is 13.5. The van der Waals surface area contributed by atoms with Gasteiger partial charge in [0.15, 0.2) is 0 Å². The minimum absolute atomic E-state index is 0.653. The highest BCUT2D eigenvalue weighted by atomic mass is 127. The summed E-state index contributed by atoms with van der Waals surface area (Å²) >= 11 is 2.43. The molecule has 0 bridgehead atoms. The Kier molecular flexibility index (Phi) is 4.64. The number of nitrogens with one attached hydrogen (secondary N) is 2. The van der Waals surface area contributed by atoms with Crippen molar-refractivity contribution in [2.45, 2.75) is 50.6 Å². The van der Waals surface area contributed by atoms with Gasteiger partial charge in [-0.3, -0.25) is 0 Å². The van der Waals surface area contributed by atoms with Crippen molar-refractivity contribution in [1.82, 2.24) is 5.32 Å². The summed E-state index contributed by atoms with van der Waals surface area (Å²) in [6.45, 7) is 1.22. The van der Waals surface area contributed by atoms with Crippen LogP contribution in [0.5, 0.6) is 0 Å². The molecule has 1 aliphatic carbocycles. The smallest absolute Gasteiger partial charge is 0.0478 e. The van der Waals surface area contributed by atoms with E-state index in [1.807, 2.05) is 0 Å². The second-order valence-electron chi connectivity index (χ2n) is 5.88. The topological polar surface area (TPSA) is 24.1 Å². The van der Waals surface area contributed by atoms with Crippen LogP contribution in [0.15, 0.2) is 24.3 Å². The molecule has 3 unspecified atom stereocenters. The van der Waals surface area contributed by atoms with Gasteiger partial charge in [-0.2, -0.15) is 0 Å². The first-order valence-corrected chi connectivity index (χ1v) is 8.67. The van der Waals surface area contributed by atoms with Gasteiger partial charge < -0.3 is 10.6 Å². The largest absolute Gasteiger partial charge is 0.381 e. The lowest BCUT2D eigenvalue weighted by Gasteiger charge is -2.37. The molecule has 1 aliphatic heterocycles. The third-order valence-electron chi connectivity index (χ3n) is 4.65. The summed E-state index contributed by atoms with van der Waals surface area (Å²) in [6, 6.07) is 10.1. The summed E-state index contributed by atoms with van der Waals surface area (Å²) in [5, 5.41) is 7.54. The van der Waals surface area contributed by atoms with Gasteiger partial charge in [0.05, 0.1) is 0 Å². The highest BCUT2D eigenvalue weighted by Gasteiger charge is 2.33. The SMILES string of the molecule is Ic1ccccc1NC1CCCCC1C1CCCN1. The Morgan fingerprint density at radius 3 is 2.68 bits per heavy atom. The lowest BCUT2D eigenvalue weighted by atomic mass is 9.79. The maximum atomic E-state index is 3.83. The van der Waals surface area contributed by atoms with E-state index in [-0.39, 0.29) is 0 Å². The van der Waals surface area contributed by atoms with Gasteiger partial charge in [-0.05, 0) is 72.9 Å². The van der Waals surface area contributed by atoms with Crippen LogP contribution in [0.25, 0.3) is 0 Å². The van der Waals surface area contributed by atoms with E-state index in [1.54, 1.807) is 0 Å². The molecular formula is C16H23IN2. The van der Waals surface area contributed by atoms with Crippen molar-refractivity contribution in [3.05, 3.63) is 27.8 Å². The second kappa shape index (κ2) is 6.44. The summed E-state index contributed by atoms with van der Waals surface area (Å²) < 4.78 is 1.34. The number of halogens is 1. The van der Waals surface area contributed by atoms with E-state index in [4.69, 9.17) is 0 Å². The van der Waals surface area contributed by atoms with Gasteiger partial charge in [0.1, 0.15) is 0 Å². The summed E-state index contributed by atoms with van der Waals surface area (Å²) in [7, 11) is 0. The third kappa shape index (κ3) is 3.24. The molecule has 0 radical (unpaired) electrons. The Hall–Kier alpha value is -0.290. The first-order valence-electron chi connectivity index (χ1n) is 7.59. The molecular weight excluding hydrogens is 347 g/mol. The minimum Gasteiger partial charge on any atom is -0.381 e. The first kappa shape index (κ1) is 13.7. The van der Waals surface area contributed by atoms with Crippen molar-refractivity contribution in [2.24, 2.45) is 5.92 Å². The fourth-order valence-corrected chi connectivity index (χ4v) is 4.22. The number of rotatable bonds is 3. The molecule has 1 aromatic rings. The molecule has 2 aliphatic rings. The monoisotopic (exact) mass is 370 g/mol. The van der Waals surface area contributed by atoms with Crippen LogP contribution >= 0.6 is 22.6 Å². The predicted molar refractivity (Wildman–Crippen MR) is 89.6 cm³/mol. The summed E-state index contributed by atoms with van der Waals surface area (Å²) in [5.74, 6) is 0.812. The number of hydrogen-bond donors (Lipinski definition) is 2. The van der Waals surface area contributed by atoms with Crippen molar-refractivity contribution >= 4 is 28.3 Å². The fourth-order valence-electron chi connectivity index (χ4n) is 3.68. The van der Waals surface area contributed by atoms with Crippen molar-refractivity contribution in [1.29, 1.82) is 0 Å². The van der Waals surface area contributed by atoms with Crippen LogP contribution in [0.2, 0.25) is 0 Å². The van der Waals surface area contributed by atoms with Crippen LogP contribution in [-0.2, 0) is 0 Å². The number of para-hydroxylation sites is 1. The van der Waals surface area contributed by atoms with Gasteiger partial charge in [-0.1, -0.05) is 25.0 Å². The van der Waals surface area contributed by atoms with Crippen LogP contribution < -0.4 is 10.6 Å². The summed E-state index contributed by atoms with van der Waals surface area (Å²) in [6.07, 6.45) is 8.23. The van der Waals surface area contributed by atoms with E-state index in [1.165, 1.54) is 54.3 Å². The molecule has 2 nitrogen and oxygen atoms in total. The molecule has 2 N–H and O–H groups in total. The zero-order chi connectivity index (χ0) is 13.1. The maximum Gasteiger partial charge on any atom is 0.0478 e. The van der Waals surface area contributed by atoms with E-state index in [9.17, 15) is 0 Å². The van der Waals surface area contributed by atoms with E-state index in [0.717, 1.165) is 12.0 Å². The standard InChI is InChI=1S/C16H23IN2/c17-13-7-2-4-9-16(13)19-15-8-3-1-6-12(15)14-10-5-11-18-14/h2,4,7,9,12,14-15,18-19H,1,3,5-6,8,10-11H2. The molecule has 0 spiro atoms. The highest BCUT2D eigenvalue weighted by molar-refractivity contribution is 14.1.